The largest absolute Gasteiger partial charge is 0.493 e. The van der Waals surface area contributed by atoms with Gasteiger partial charge >= 0.3 is 6.03 Å². The lowest BCUT2D eigenvalue weighted by Crippen LogP contribution is -2.36. The van der Waals surface area contributed by atoms with Gasteiger partial charge in [0.2, 0.25) is 0 Å². The molecule has 2 N–H and O–H groups in total. The number of fused-ring (bicyclic) bond motifs is 1. The molecule has 1 aliphatic heterocycles. The number of benzene rings is 1. The monoisotopic (exact) mass is 336 g/mol. The van der Waals surface area contributed by atoms with Crippen molar-refractivity contribution >= 4 is 29.0 Å². The minimum Gasteiger partial charge on any atom is -0.493 e. The zero-order valence-corrected chi connectivity index (χ0v) is 13.8. The average Bonchev–Trinajstić information content (AvgIpc) is 3.12. The fraction of sp³-hybridized carbons (Fsp3) is 0.312. The first-order valence-electron chi connectivity index (χ1n) is 7.16. The Bertz CT molecular complexity index is 687. The molecule has 1 aliphatic rings. The predicted molar refractivity (Wildman–Crippen MR) is 88.8 cm³/mol. The van der Waals surface area contributed by atoms with E-state index in [9.17, 15) is 4.79 Å². The summed E-state index contributed by atoms with van der Waals surface area (Å²) in [6, 6.07) is 9.57. The SMILES string of the molecule is CC(NC(=O)NCc1ccc(Cl)s1)c1ccc2c(c1)CCO2. The van der Waals surface area contributed by atoms with Gasteiger partial charge < -0.3 is 15.4 Å². The van der Waals surface area contributed by atoms with E-state index in [2.05, 4.69) is 16.7 Å². The number of amides is 2. The maximum atomic E-state index is 12.0. The number of carbonyl (C=O) groups is 1. The van der Waals surface area contributed by atoms with Crippen molar-refractivity contribution in [3.05, 3.63) is 50.7 Å². The molecule has 4 nitrogen and oxygen atoms in total. The molecule has 2 heterocycles. The number of ether oxygens (including phenoxy) is 1. The molecule has 116 valence electrons. The number of hydrogen-bond donors (Lipinski definition) is 2. The van der Waals surface area contributed by atoms with Crippen LogP contribution < -0.4 is 15.4 Å². The van der Waals surface area contributed by atoms with Gasteiger partial charge in [0.1, 0.15) is 5.75 Å². The molecular formula is C16H17ClN2O2S. The molecule has 1 aromatic carbocycles. The molecule has 22 heavy (non-hydrogen) atoms. The molecule has 0 fully saturated rings. The Morgan fingerprint density at radius 1 is 1.41 bits per heavy atom. The second kappa shape index (κ2) is 6.58. The molecule has 0 spiro atoms. The van der Waals surface area contributed by atoms with E-state index in [4.69, 9.17) is 16.3 Å². The molecule has 0 aliphatic carbocycles. The molecule has 0 saturated heterocycles. The summed E-state index contributed by atoms with van der Waals surface area (Å²) in [5.74, 6) is 0.954. The summed E-state index contributed by atoms with van der Waals surface area (Å²) >= 11 is 7.33. The maximum absolute atomic E-state index is 12.0. The molecule has 1 atom stereocenters. The van der Waals surface area contributed by atoms with Crippen LogP contribution in [0.4, 0.5) is 4.79 Å². The van der Waals surface area contributed by atoms with Gasteiger partial charge in [0.05, 0.1) is 23.5 Å². The van der Waals surface area contributed by atoms with E-state index in [0.29, 0.717) is 6.54 Å². The summed E-state index contributed by atoms with van der Waals surface area (Å²) in [7, 11) is 0. The van der Waals surface area contributed by atoms with E-state index in [-0.39, 0.29) is 12.1 Å². The molecule has 0 radical (unpaired) electrons. The van der Waals surface area contributed by atoms with Crippen molar-refractivity contribution < 1.29 is 9.53 Å². The van der Waals surface area contributed by atoms with Gasteiger partial charge in [-0.2, -0.15) is 0 Å². The highest BCUT2D eigenvalue weighted by atomic mass is 35.5. The standard InChI is InChI=1S/C16H17ClN2O2S/c1-10(11-2-4-14-12(8-11)6-7-21-14)19-16(20)18-9-13-3-5-15(17)22-13/h2-5,8,10H,6-7,9H2,1H3,(H2,18,19,20). The van der Waals surface area contributed by atoms with Crippen molar-refractivity contribution in [2.75, 3.05) is 6.61 Å². The number of carbonyl (C=O) groups excluding carboxylic acids is 1. The highest BCUT2D eigenvalue weighted by Crippen LogP contribution is 2.28. The summed E-state index contributed by atoms with van der Waals surface area (Å²) in [5.41, 5.74) is 2.29. The number of hydrogen-bond acceptors (Lipinski definition) is 3. The Kier molecular flexibility index (Phi) is 4.55. The van der Waals surface area contributed by atoms with Crippen LogP contribution in [0.3, 0.4) is 0 Å². The number of rotatable bonds is 4. The van der Waals surface area contributed by atoms with Crippen molar-refractivity contribution in [3.63, 3.8) is 0 Å². The zero-order chi connectivity index (χ0) is 15.5. The summed E-state index contributed by atoms with van der Waals surface area (Å²) < 4.78 is 6.22. The minimum atomic E-state index is -0.186. The Balaban J connectivity index is 1.54. The number of thiophene rings is 1. The van der Waals surface area contributed by atoms with Crippen molar-refractivity contribution in [2.45, 2.75) is 25.9 Å². The van der Waals surface area contributed by atoms with Crippen LogP contribution in [0.15, 0.2) is 30.3 Å². The van der Waals surface area contributed by atoms with E-state index >= 15 is 0 Å². The zero-order valence-electron chi connectivity index (χ0n) is 12.2. The van der Waals surface area contributed by atoms with E-state index in [1.54, 1.807) is 0 Å². The van der Waals surface area contributed by atoms with E-state index in [1.165, 1.54) is 16.9 Å². The Labute approximate surface area is 138 Å². The van der Waals surface area contributed by atoms with E-state index in [0.717, 1.165) is 33.6 Å². The second-order valence-electron chi connectivity index (χ2n) is 5.22. The normalized spacial score (nSPS) is 14.1. The fourth-order valence-corrected chi connectivity index (χ4v) is 3.45. The van der Waals surface area contributed by atoms with Crippen LogP contribution in [0.1, 0.15) is 29.0 Å². The molecular weight excluding hydrogens is 320 g/mol. The van der Waals surface area contributed by atoms with Gasteiger partial charge in [-0.05, 0) is 42.3 Å². The summed E-state index contributed by atoms with van der Waals surface area (Å²) in [5, 5.41) is 5.79. The highest BCUT2D eigenvalue weighted by molar-refractivity contribution is 7.16. The highest BCUT2D eigenvalue weighted by Gasteiger charge is 2.15. The van der Waals surface area contributed by atoms with Gasteiger partial charge in [-0.3, -0.25) is 0 Å². The van der Waals surface area contributed by atoms with Crippen LogP contribution >= 0.6 is 22.9 Å². The van der Waals surface area contributed by atoms with Crippen molar-refractivity contribution in [3.8, 4) is 5.75 Å². The van der Waals surface area contributed by atoms with E-state index < -0.39 is 0 Å². The lowest BCUT2D eigenvalue weighted by Gasteiger charge is -2.15. The lowest BCUT2D eigenvalue weighted by atomic mass is 10.0. The molecule has 2 amide bonds. The van der Waals surface area contributed by atoms with Crippen molar-refractivity contribution in [1.82, 2.24) is 10.6 Å². The molecule has 3 rings (SSSR count). The molecule has 6 heteroatoms. The first-order chi connectivity index (χ1) is 10.6. The van der Waals surface area contributed by atoms with Crippen LogP contribution in [-0.2, 0) is 13.0 Å². The number of halogens is 1. The van der Waals surface area contributed by atoms with E-state index in [1.807, 2.05) is 31.2 Å². The third kappa shape index (κ3) is 3.54. The predicted octanol–water partition coefficient (Wildman–Crippen LogP) is 3.90. The number of nitrogens with one attached hydrogen (secondary N) is 2. The van der Waals surface area contributed by atoms with Gasteiger partial charge in [-0.1, -0.05) is 17.7 Å². The van der Waals surface area contributed by atoms with Crippen LogP contribution in [-0.4, -0.2) is 12.6 Å². The molecule has 0 saturated carbocycles. The number of urea groups is 1. The summed E-state index contributed by atoms with van der Waals surface area (Å²) in [6.45, 7) is 3.19. The van der Waals surface area contributed by atoms with Gasteiger partial charge in [0.15, 0.2) is 0 Å². The molecule has 0 bridgehead atoms. The smallest absolute Gasteiger partial charge is 0.315 e. The van der Waals surface area contributed by atoms with Crippen LogP contribution in [0.2, 0.25) is 4.34 Å². The second-order valence-corrected chi connectivity index (χ2v) is 7.02. The Morgan fingerprint density at radius 3 is 3.05 bits per heavy atom. The topological polar surface area (TPSA) is 50.4 Å². The third-order valence-corrected chi connectivity index (χ3v) is 4.84. The van der Waals surface area contributed by atoms with Crippen LogP contribution in [0.25, 0.3) is 0 Å². The maximum Gasteiger partial charge on any atom is 0.315 e. The van der Waals surface area contributed by atoms with Gasteiger partial charge in [-0.15, -0.1) is 11.3 Å². The third-order valence-electron chi connectivity index (χ3n) is 3.61. The van der Waals surface area contributed by atoms with Crippen molar-refractivity contribution in [2.24, 2.45) is 0 Å². The van der Waals surface area contributed by atoms with Gasteiger partial charge in [0, 0.05) is 11.3 Å². The Hall–Kier alpha value is -1.72. The van der Waals surface area contributed by atoms with Crippen molar-refractivity contribution in [1.29, 1.82) is 0 Å². The molecule has 1 aromatic heterocycles. The average molecular weight is 337 g/mol. The minimum absolute atomic E-state index is 0.0576. The van der Waals surface area contributed by atoms with Gasteiger partial charge in [0.25, 0.3) is 0 Å². The fourth-order valence-electron chi connectivity index (χ4n) is 2.42. The summed E-state index contributed by atoms with van der Waals surface area (Å²) in [4.78, 5) is 13.0. The quantitative estimate of drug-likeness (QED) is 0.889. The Morgan fingerprint density at radius 2 is 2.27 bits per heavy atom. The molecule has 1 unspecified atom stereocenters. The first-order valence-corrected chi connectivity index (χ1v) is 8.35. The van der Waals surface area contributed by atoms with Crippen LogP contribution in [0, 0.1) is 0 Å². The van der Waals surface area contributed by atoms with Gasteiger partial charge in [-0.25, -0.2) is 4.79 Å². The first kappa shape index (κ1) is 15.2. The van der Waals surface area contributed by atoms with Crippen LogP contribution in [0.5, 0.6) is 5.75 Å². The summed E-state index contributed by atoms with van der Waals surface area (Å²) in [6.07, 6.45) is 0.932. The molecule has 2 aromatic rings. The lowest BCUT2D eigenvalue weighted by molar-refractivity contribution is 0.237.